The summed E-state index contributed by atoms with van der Waals surface area (Å²) in [6.45, 7) is 5.59. The first-order chi connectivity index (χ1) is 10.9. The monoisotopic (exact) mass is 334 g/mol. The maximum absolute atomic E-state index is 12.5. The second-order valence-electron chi connectivity index (χ2n) is 5.62. The van der Waals surface area contributed by atoms with Crippen molar-refractivity contribution in [2.45, 2.75) is 26.8 Å². The lowest BCUT2D eigenvalue weighted by Crippen LogP contribution is -2.47. The topological polar surface area (TPSA) is 71.3 Å². The standard InChI is InChI=1S/C17H19ClN2O3/c1-10(2)15(20-16(21)14-5-4-8-23-14)17(22)19-13-9-12(18)7-6-11(13)3/h4-10,15H,1-3H3,(H,19,22)(H,20,21). The predicted octanol–water partition coefficient (Wildman–Crippen LogP) is 3.63. The fourth-order valence-corrected chi connectivity index (χ4v) is 2.27. The van der Waals surface area contributed by atoms with Gasteiger partial charge in [-0.25, -0.2) is 0 Å². The van der Waals surface area contributed by atoms with E-state index in [9.17, 15) is 9.59 Å². The molecule has 1 atom stereocenters. The smallest absolute Gasteiger partial charge is 0.287 e. The largest absolute Gasteiger partial charge is 0.459 e. The maximum atomic E-state index is 12.5. The molecule has 0 aliphatic carbocycles. The molecular weight excluding hydrogens is 316 g/mol. The second-order valence-corrected chi connectivity index (χ2v) is 6.06. The number of benzene rings is 1. The highest BCUT2D eigenvalue weighted by Crippen LogP contribution is 2.21. The Morgan fingerprint density at radius 3 is 2.57 bits per heavy atom. The summed E-state index contributed by atoms with van der Waals surface area (Å²) in [5, 5.41) is 6.04. The Kier molecular flexibility index (Phi) is 5.45. The SMILES string of the molecule is Cc1ccc(Cl)cc1NC(=O)C(NC(=O)c1ccco1)C(C)C. The van der Waals surface area contributed by atoms with Crippen LogP contribution in [0.1, 0.15) is 30.0 Å². The van der Waals surface area contributed by atoms with Crippen LogP contribution in [0, 0.1) is 12.8 Å². The lowest BCUT2D eigenvalue weighted by atomic mass is 10.0. The minimum Gasteiger partial charge on any atom is -0.459 e. The number of anilines is 1. The Bertz CT molecular complexity index is 696. The van der Waals surface area contributed by atoms with E-state index in [4.69, 9.17) is 16.0 Å². The van der Waals surface area contributed by atoms with Crippen molar-refractivity contribution in [3.8, 4) is 0 Å². The van der Waals surface area contributed by atoms with Gasteiger partial charge in [-0.3, -0.25) is 9.59 Å². The minimum absolute atomic E-state index is 0.0894. The van der Waals surface area contributed by atoms with Gasteiger partial charge in [0.15, 0.2) is 5.76 Å². The van der Waals surface area contributed by atoms with E-state index in [-0.39, 0.29) is 17.6 Å². The quantitative estimate of drug-likeness (QED) is 0.877. The van der Waals surface area contributed by atoms with Gasteiger partial charge in [0.05, 0.1) is 6.26 Å². The molecule has 0 saturated heterocycles. The molecule has 0 spiro atoms. The van der Waals surface area contributed by atoms with E-state index >= 15 is 0 Å². The average Bonchev–Trinajstić information content (AvgIpc) is 3.02. The summed E-state index contributed by atoms with van der Waals surface area (Å²) in [4.78, 5) is 24.6. The van der Waals surface area contributed by atoms with Gasteiger partial charge in [0, 0.05) is 10.7 Å². The van der Waals surface area contributed by atoms with Crippen LogP contribution in [0.3, 0.4) is 0 Å². The molecule has 5 nitrogen and oxygen atoms in total. The number of halogens is 1. The minimum atomic E-state index is -0.689. The summed E-state index contributed by atoms with van der Waals surface area (Å²) in [6, 6.07) is 7.74. The van der Waals surface area contributed by atoms with Gasteiger partial charge < -0.3 is 15.1 Å². The van der Waals surface area contributed by atoms with Crippen LogP contribution in [0.15, 0.2) is 41.0 Å². The molecule has 1 unspecified atom stereocenters. The van der Waals surface area contributed by atoms with Crippen LogP contribution in [0.4, 0.5) is 5.69 Å². The fraction of sp³-hybridized carbons (Fsp3) is 0.294. The molecule has 0 radical (unpaired) electrons. The van der Waals surface area contributed by atoms with Crippen LogP contribution >= 0.6 is 11.6 Å². The molecule has 0 saturated carbocycles. The van der Waals surface area contributed by atoms with Gasteiger partial charge in [-0.1, -0.05) is 31.5 Å². The van der Waals surface area contributed by atoms with Gasteiger partial charge >= 0.3 is 0 Å². The van der Waals surface area contributed by atoms with Crippen molar-refractivity contribution in [2.75, 3.05) is 5.32 Å². The Hall–Kier alpha value is -2.27. The molecule has 1 aromatic heterocycles. The van der Waals surface area contributed by atoms with Crippen LogP contribution in [-0.4, -0.2) is 17.9 Å². The molecule has 1 heterocycles. The summed E-state index contributed by atoms with van der Waals surface area (Å²) in [5.74, 6) is -0.646. The van der Waals surface area contributed by atoms with Crippen LogP contribution in [0.5, 0.6) is 0 Å². The predicted molar refractivity (Wildman–Crippen MR) is 89.6 cm³/mol. The van der Waals surface area contributed by atoms with Crippen molar-refractivity contribution < 1.29 is 14.0 Å². The van der Waals surface area contributed by atoms with Crippen molar-refractivity contribution in [3.05, 3.63) is 52.9 Å². The third-order valence-corrected chi connectivity index (χ3v) is 3.67. The number of hydrogen-bond acceptors (Lipinski definition) is 3. The molecule has 122 valence electrons. The molecule has 2 amide bonds. The summed E-state index contributed by atoms with van der Waals surface area (Å²) in [7, 11) is 0. The van der Waals surface area contributed by atoms with E-state index in [1.54, 1.807) is 24.3 Å². The highest BCUT2D eigenvalue weighted by atomic mass is 35.5. The number of nitrogens with one attached hydrogen (secondary N) is 2. The Morgan fingerprint density at radius 2 is 1.96 bits per heavy atom. The molecule has 2 rings (SSSR count). The normalized spacial score (nSPS) is 12.0. The van der Waals surface area contributed by atoms with Crippen molar-refractivity contribution in [1.29, 1.82) is 0 Å². The number of carbonyl (C=O) groups excluding carboxylic acids is 2. The average molecular weight is 335 g/mol. The summed E-state index contributed by atoms with van der Waals surface area (Å²) < 4.78 is 5.05. The molecule has 1 aromatic carbocycles. The van der Waals surface area contributed by atoms with Crippen molar-refractivity contribution in [2.24, 2.45) is 5.92 Å². The zero-order valence-corrected chi connectivity index (χ0v) is 14.0. The highest BCUT2D eigenvalue weighted by molar-refractivity contribution is 6.31. The van der Waals surface area contributed by atoms with Gasteiger partial charge in [0.2, 0.25) is 5.91 Å². The van der Waals surface area contributed by atoms with Crippen molar-refractivity contribution >= 4 is 29.1 Å². The fourth-order valence-electron chi connectivity index (χ4n) is 2.09. The van der Waals surface area contributed by atoms with Gasteiger partial charge in [0.1, 0.15) is 6.04 Å². The van der Waals surface area contributed by atoms with Crippen LogP contribution in [0.25, 0.3) is 0 Å². The summed E-state index contributed by atoms with van der Waals surface area (Å²) in [5.41, 5.74) is 1.52. The number of aryl methyl sites for hydroxylation is 1. The molecule has 2 aromatic rings. The van der Waals surface area contributed by atoms with E-state index in [0.29, 0.717) is 10.7 Å². The zero-order valence-electron chi connectivity index (χ0n) is 13.2. The summed E-state index contributed by atoms with van der Waals surface area (Å²) in [6.07, 6.45) is 1.41. The molecule has 0 bridgehead atoms. The van der Waals surface area contributed by atoms with Crippen LogP contribution in [-0.2, 0) is 4.79 Å². The number of rotatable bonds is 5. The Balaban J connectivity index is 2.12. The molecule has 23 heavy (non-hydrogen) atoms. The van der Waals surface area contributed by atoms with Gasteiger partial charge in [-0.2, -0.15) is 0 Å². The molecule has 2 N–H and O–H groups in total. The van der Waals surface area contributed by atoms with Crippen molar-refractivity contribution in [3.63, 3.8) is 0 Å². The third-order valence-electron chi connectivity index (χ3n) is 3.44. The van der Waals surface area contributed by atoms with E-state index < -0.39 is 11.9 Å². The lowest BCUT2D eigenvalue weighted by Gasteiger charge is -2.21. The number of hydrogen-bond donors (Lipinski definition) is 2. The Labute approximate surface area is 140 Å². The lowest BCUT2D eigenvalue weighted by molar-refractivity contribution is -0.118. The van der Waals surface area contributed by atoms with E-state index in [2.05, 4.69) is 10.6 Å². The zero-order chi connectivity index (χ0) is 17.0. The van der Waals surface area contributed by atoms with Crippen LogP contribution < -0.4 is 10.6 Å². The third kappa shape index (κ3) is 4.36. The highest BCUT2D eigenvalue weighted by Gasteiger charge is 2.26. The molecule has 0 aliphatic heterocycles. The van der Waals surface area contributed by atoms with E-state index in [1.165, 1.54) is 6.26 Å². The molecule has 6 heteroatoms. The molecule has 0 aliphatic rings. The molecular formula is C17H19ClN2O3. The first-order valence-corrected chi connectivity index (χ1v) is 7.67. The second kappa shape index (κ2) is 7.33. The van der Waals surface area contributed by atoms with Crippen LogP contribution in [0.2, 0.25) is 5.02 Å². The first kappa shape index (κ1) is 17.1. The maximum Gasteiger partial charge on any atom is 0.287 e. The van der Waals surface area contributed by atoms with Crippen molar-refractivity contribution in [1.82, 2.24) is 5.32 Å². The van der Waals surface area contributed by atoms with E-state index in [1.807, 2.05) is 26.8 Å². The number of amides is 2. The van der Waals surface area contributed by atoms with Gasteiger partial charge in [-0.05, 0) is 42.7 Å². The molecule has 0 fully saturated rings. The first-order valence-electron chi connectivity index (χ1n) is 7.30. The number of carbonyl (C=O) groups is 2. The Morgan fingerprint density at radius 1 is 1.22 bits per heavy atom. The van der Waals surface area contributed by atoms with Gasteiger partial charge in [-0.15, -0.1) is 0 Å². The van der Waals surface area contributed by atoms with E-state index in [0.717, 1.165) is 5.56 Å². The number of furan rings is 1. The summed E-state index contributed by atoms with van der Waals surface area (Å²) >= 11 is 5.96. The van der Waals surface area contributed by atoms with Gasteiger partial charge in [0.25, 0.3) is 5.91 Å².